The molecule has 1 aliphatic heterocycles. The number of rotatable bonds is 3. The molecule has 0 saturated carbocycles. The van der Waals surface area contributed by atoms with Crippen molar-refractivity contribution in [1.29, 1.82) is 5.26 Å². The van der Waals surface area contributed by atoms with Crippen molar-refractivity contribution in [2.45, 2.75) is 6.54 Å². The van der Waals surface area contributed by atoms with Crippen LogP contribution in [-0.2, 0) is 6.54 Å². The van der Waals surface area contributed by atoms with Crippen LogP contribution in [0, 0.1) is 11.3 Å². The first kappa shape index (κ1) is 12.6. The summed E-state index contributed by atoms with van der Waals surface area (Å²) in [6.07, 6.45) is 3.91. The van der Waals surface area contributed by atoms with Crippen molar-refractivity contribution in [2.24, 2.45) is 0 Å². The highest BCUT2D eigenvalue weighted by molar-refractivity contribution is 5.83. The number of benzene rings is 1. The molecule has 0 aliphatic carbocycles. The lowest BCUT2D eigenvalue weighted by Gasteiger charge is -2.14. The van der Waals surface area contributed by atoms with Crippen LogP contribution in [0.4, 0.5) is 11.5 Å². The summed E-state index contributed by atoms with van der Waals surface area (Å²) in [5.41, 5.74) is 3.89. The Balaban J connectivity index is 1.81. The molecule has 0 bridgehead atoms. The van der Waals surface area contributed by atoms with Crippen LogP contribution >= 0.6 is 0 Å². The Kier molecular flexibility index (Phi) is 2.87. The number of anilines is 2. The third-order valence-electron chi connectivity index (χ3n) is 3.93. The van der Waals surface area contributed by atoms with Gasteiger partial charge in [0, 0.05) is 24.2 Å². The summed E-state index contributed by atoms with van der Waals surface area (Å²) >= 11 is 0. The molecule has 3 N–H and O–H groups in total. The number of hydrogen-bond acceptors (Lipinski definition) is 4. The second kappa shape index (κ2) is 5.01. The zero-order chi connectivity index (χ0) is 14.9. The molecule has 0 fully saturated rings. The van der Waals surface area contributed by atoms with E-state index in [1.54, 1.807) is 0 Å². The van der Waals surface area contributed by atoms with Crippen molar-refractivity contribution >= 4 is 23.2 Å². The van der Waals surface area contributed by atoms with Crippen molar-refractivity contribution in [3.63, 3.8) is 0 Å². The molecule has 0 saturated heterocycles. The minimum Gasteiger partial charge on any atom is -0.373 e. The predicted octanol–water partition coefficient (Wildman–Crippen LogP) is 1.85. The van der Waals surface area contributed by atoms with Gasteiger partial charge in [0.1, 0.15) is 11.9 Å². The van der Waals surface area contributed by atoms with Crippen LogP contribution in [0.1, 0.15) is 11.1 Å². The van der Waals surface area contributed by atoms with E-state index in [1.807, 2.05) is 41.1 Å². The minimum atomic E-state index is 0.683. The molecule has 22 heavy (non-hydrogen) atoms. The molecule has 108 valence electrons. The van der Waals surface area contributed by atoms with E-state index in [9.17, 15) is 5.26 Å². The summed E-state index contributed by atoms with van der Waals surface area (Å²) < 4.78 is 2.04. The summed E-state index contributed by atoms with van der Waals surface area (Å²) in [7, 11) is 0. The van der Waals surface area contributed by atoms with E-state index in [2.05, 4.69) is 34.2 Å². The van der Waals surface area contributed by atoms with E-state index in [-0.39, 0.29) is 0 Å². The van der Waals surface area contributed by atoms with Crippen LogP contribution in [0.5, 0.6) is 0 Å². The molecule has 2 aromatic heterocycles. The van der Waals surface area contributed by atoms with Crippen molar-refractivity contribution in [2.75, 3.05) is 17.3 Å². The molecule has 5 heteroatoms. The second-order valence-electron chi connectivity index (χ2n) is 5.24. The van der Waals surface area contributed by atoms with Gasteiger partial charge in [-0.3, -0.25) is 4.40 Å². The van der Waals surface area contributed by atoms with Gasteiger partial charge in [0.05, 0.1) is 23.4 Å². The van der Waals surface area contributed by atoms with E-state index in [4.69, 9.17) is 0 Å². The van der Waals surface area contributed by atoms with Gasteiger partial charge in [-0.25, -0.2) is 0 Å². The first-order valence-corrected chi connectivity index (χ1v) is 7.20. The number of hydrogen-bond donors (Lipinski definition) is 3. The van der Waals surface area contributed by atoms with Gasteiger partial charge in [-0.05, 0) is 11.6 Å². The number of fused-ring (bicyclic) bond motifs is 3. The standard InChI is InChI=1S/C17H15N5/c18-8-13-6-7-22-16(13)14-10-19-11-21-15(14)17(22)20-9-12-4-2-1-3-5-12/h1-7,10,19-21H,9,11H2. The van der Waals surface area contributed by atoms with Crippen LogP contribution in [0.25, 0.3) is 11.7 Å². The fourth-order valence-electron chi connectivity index (χ4n) is 2.92. The first-order chi connectivity index (χ1) is 10.9. The fraction of sp³-hybridized carbons (Fsp3) is 0.118. The van der Waals surface area contributed by atoms with Gasteiger partial charge in [-0.1, -0.05) is 30.3 Å². The third kappa shape index (κ3) is 1.85. The first-order valence-electron chi connectivity index (χ1n) is 7.20. The highest BCUT2D eigenvalue weighted by atomic mass is 15.2. The molecular formula is C17H15N5. The molecule has 4 rings (SSSR count). The minimum absolute atomic E-state index is 0.683. The van der Waals surface area contributed by atoms with Crippen molar-refractivity contribution in [3.8, 4) is 6.07 Å². The topological polar surface area (TPSA) is 64.3 Å². The van der Waals surface area contributed by atoms with Gasteiger partial charge in [-0.15, -0.1) is 0 Å². The molecule has 1 aromatic carbocycles. The molecule has 0 spiro atoms. The Hall–Kier alpha value is -3.13. The maximum Gasteiger partial charge on any atom is 0.135 e. The fourth-order valence-corrected chi connectivity index (χ4v) is 2.92. The highest BCUT2D eigenvalue weighted by Gasteiger charge is 2.18. The molecular weight excluding hydrogens is 274 g/mol. The third-order valence-corrected chi connectivity index (χ3v) is 3.93. The lowest BCUT2D eigenvalue weighted by molar-refractivity contribution is 0.957. The maximum atomic E-state index is 9.30. The molecule has 5 nitrogen and oxygen atoms in total. The van der Waals surface area contributed by atoms with Crippen LogP contribution in [0.2, 0.25) is 0 Å². The van der Waals surface area contributed by atoms with Crippen molar-refractivity contribution in [3.05, 3.63) is 58.9 Å². The summed E-state index contributed by atoms with van der Waals surface area (Å²) in [5, 5.41) is 20.4. The Morgan fingerprint density at radius 1 is 1.23 bits per heavy atom. The van der Waals surface area contributed by atoms with Crippen molar-refractivity contribution < 1.29 is 0 Å². The Morgan fingerprint density at radius 2 is 2.09 bits per heavy atom. The Labute approximate surface area is 127 Å². The van der Waals surface area contributed by atoms with Gasteiger partial charge in [0.2, 0.25) is 0 Å². The summed E-state index contributed by atoms with van der Waals surface area (Å²) in [4.78, 5) is 0. The molecule has 0 radical (unpaired) electrons. The quantitative estimate of drug-likeness (QED) is 0.688. The van der Waals surface area contributed by atoms with Crippen LogP contribution in [0.3, 0.4) is 0 Å². The van der Waals surface area contributed by atoms with Crippen LogP contribution in [0.15, 0.2) is 42.6 Å². The summed E-state index contributed by atoms with van der Waals surface area (Å²) in [6, 6.07) is 14.4. The van der Waals surface area contributed by atoms with Gasteiger partial charge >= 0.3 is 0 Å². The van der Waals surface area contributed by atoms with Gasteiger partial charge in [0.15, 0.2) is 0 Å². The van der Waals surface area contributed by atoms with E-state index in [0.717, 1.165) is 28.8 Å². The van der Waals surface area contributed by atoms with Gasteiger partial charge in [-0.2, -0.15) is 5.26 Å². The molecule has 3 heterocycles. The monoisotopic (exact) mass is 289 g/mol. The SMILES string of the molecule is N#Cc1ccn2c(NCc3ccccc3)c3c(c12)=CNCN3. The van der Waals surface area contributed by atoms with Crippen LogP contribution < -0.4 is 21.2 Å². The largest absolute Gasteiger partial charge is 0.373 e. The smallest absolute Gasteiger partial charge is 0.135 e. The number of nitriles is 1. The molecule has 0 amide bonds. The predicted molar refractivity (Wildman–Crippen MR) is 87.2 cm³/mol. The average molecular weight is 289 g/mol. The van der Waals surface area contributed by atoms with Crippen LogP contribution in [-0.4, -0.2) is 11.1 Å². The average Bonchev–Trinajstić information content (AvgIpc) is 3.12. The molecule has 3 aromatic rings. The second-order valence-corrected chi connectivity index (χ2v) is 5.24. The lowest BCUT2D eigenvalue weighted by Crippen LogP contribution is -2.27. The molecule has 0 unspecified atom stereocenters. The van der Waals surface area contributed by atoms with Crippen molar-refractivity contribution in [1.82, 2.24) is 9.72 Å². The van der Waals surface area contributed by atoms with Gasteiger partial charge in [0.25, 0.3) is 0 Å². The zero-order valence-electron chi connectivity index (χ0n) is 11.9. The van der Waals surface area contributed by atoms with E-state index < -0.39 is 0 Å². The number of aromatic nitrogens is 1. The molecule has 1 aliphatic rings. The highest BCUT2D eigenvalue weighted by Crippen LogP contribution is 2.26. The molecule has 0 atom stereocenters. The number of nitrogens with zero attached hydrogens (tertiary/aromatic N) is 2. The maximum absolute atomic E-state index is 9.30. The Morgan fingerprint density at radius 3 is 2.91 bits per heavy atom. The van der Waals surface area contributed by atoms with E-state index in [0.29, 0.717) is 12.2 Å². The normalized spacial score (nSPS) is 12.7. The van der Waals surface area contributed by atoms with E-state index >= 15 is 0 Å². The summed E-state index contributed by atoms with van der Waals surface area (Å²) in [6.45, 7) is 1.42. The van der Waals surface area contributed by atoms with Gasteiger partial charge < -0.3 is 16.0 Å². The Bertz CT molecular complexity index is 918. The summed E-state index contributed by atoms with van der Waals surface area (Å²) in [5.74, 6) is 0.994. The lowest BCUT2D eigenvalue weighted by atomic mass is 10.2. The zero-order valence-corrected chi connectivity index (χ0v) is 11.9. The number of nitrogens with one attached hydrogen (secondary N) is 3. The van der Waals surface area contributed by atoms with E-state index in [1.165, 1.54) is 5.56 Å².